The third kappa shape index (κ3) is 3.42. The first-order chi connectivity index (χ1) is 12.7. The Labute approximate surface area is 153 Å². The summed E-state index contributed by atoms with van der Waals surface area (Å²) in [7, 11) is 0. The molecule has 1 fully saturated rings. The first kappa shape index (κ1) is 17.0. The van der Waals surface area contributed by atoms with Crippen molar-refractivity contribution >= 4 is 0 Å². The van der Waals surface area contributed by atoms with Gasteiger partial charge in [0.2, 0.25) is 0 Å². The second-order valence-corrected chi connectivity index (χ2v) is 6.92. The van der Waals surface area contributed by atoms with Crippen molar-refractivity contribution in [3.8, 4) is 11.3 Å². The van der Waals surface area contributed by atoms with Crippen molar-refractivity contribution < 1.29 is 5.11 Å². The van der Waals surface area contributed by atoms with Crippen molar-refractivity contribution in [3.63, 3.8) is 0 Å². The summed E-state index contributed by atoms with van der Waals surface area (Å²) >= 11 is 0. The molecule has 4 rings (SSSR count). The Morgan fingerprint density at radius 1 is 1.04 bits per heavy atom. The minimum atomic E-state index is 0.0737. The minimum absolute atomic E-state index is 0.0737. The largest absolute Gasteiger partial charge is 0.392 e. The van der Waals surface area contributed by atoms with Gasteiger partial charge in [-0.05, 0) is 24.5 Å². The summed E-state index contributed by atoms with van der Waals surface area (Å²) in [6.45, 7) is 3.02. The first-order valence-electron chi connectivity index (χ1n) is 9.05. The van der Waals surface area contributed by atoms with Crippen LogP contribution in [0.4, 0.5) is 0 Å². The summed E-state index contributed by atoms with van der Waals surface area (Å²) < 4.78 is 2.23. The fourth-order valence-corrected chi connectivity index (χ4v) is 3.54. The third-order valence-electron chi connectivity index (χ3n) is 4.91. The molecule has 0 bridgehead atoms. The maximum atomic E-state index is 9.23. The molecule has 3 aromatic rings. The zero-order valence-corrected chi connectivity index (χ0v) is 14.9. The fourth-order valence-electron chi connectivity index (χ4n) is 3.54. The van der Waals surface area contributed by atoms with E-state index in [4.69, 9.17) is 4.98 Å². The van der Waals surface area contributed by atoms with Crippen LogP contribution in [0.5, 0.6) is 0 Å². The number of hydrogen-bond acceptors (Lipinski definition) is 4. The second-order valence-electron chi connectivity index (χ2n) is 6.92. The van der Waals surface area contributed by atoms with E-state index in [2.05, 4.69) is 58.7 Å². The third-order valence-corrected chi connectivity index (χ3v) is 4.91. The van der Waals surface area contributed by atoms with Gasteiger partial charge in [-0.3, -0.25) is 5.43 Å². The molecule has 5 heteroatoms. The van der Waals surface area contributed by atoms with Gasteiger partial charge in [-0.2, -0.15) is 0 Å². The standard InChI is InChI=1S/C21H24N4O/c1-15-11-19(24-23-15)21-20(18-5-3-2-4-6-18)22-14-25(21)12-16-7-9-17(13-26)10-8-16/h2-10,14-15,19,23-24,26H,11-13H2,1H3. The van der Waals surface area contributed by atoms with Crippen LogP contribution in [0.1, 0.15) is 36.2 Å². The number of aliphatic hydroxyl groups excluding tert-OH is 1. The van der Waals surface area contributed by atoms with Gasteiger partial charge in [-0.15, -0.1) is 0 Å². The van der Waals surface area contributed by atoms with Gasteiger partial charge in [-0.1, -0.05) is 54.6 Å². The van der Waals surface area contributed by atoms with Crippen LogP contribution in [0.25, 0.3) is 11.3 Å². The van der Waals surface area contributed by atoms with Gasteiger partial charge in [0, 0.05) is 18.2 Å². The molecular formula is C21H24N4O. The van der Waals surface area contributed by atoms with Crippen molar-refractivity contribution in [2.45, 2.75) is 38.6 Å². The lowest BCUT2D eigenvalue weighted by Crippen LogP contribution is -2.29. The predicted molar refractivity (Wildman–Crippen MR) is 102 cm³/mol. The number of hydrogen-bond donors (Lipinski definition) is 3. The highest BCUT2D eigenvalue weighted by atomic mass is 16.3. The van der Waals surface area contributed by atoms with Crippen molar-refractivity contribution in [2.24, 2.45) is 0 Å². The summed E-state index contributed by atoms with van der Waals surface area (Å²) in [4.78, 5) is 4.74. The molecule has 0 radical (unpaired) electrons. The van der Waals surface area contributed by atoms with E-state index in [-0.39, 0.29) is 12.6 Å². The van der Waals surface area contributed by atoms with Crippen molar-refractivity contribution in [1.82, 2.24) is 20.4 Å². The molecule has 134 valence electrons. The van der Waals surface area contributed by atoms with E-state index < -0.39 is 0 Å². The van der Waals surface area contributed by atoms with Gasteiger partial charge >= 0.3 is 0 Å². The van der Waals surface area contributed by atoms with E-state index in [0.29, 0.717) is 6.04 Å². The number of nitrogens with one attached hydrogen (secondary N) is 2. The SMILES string of the molecule is CC1CC(c2c(-c3ccccc3)ncn2Cc2ccc(CO)cc2)NN1. The van der Waals surface area contributed by atoms with Crippen molar-refractivity contribution in [1.29, 1.82) is 0 Å². The number of rotatable bonds is 5. The van der Waals surface area contributed by atoms with E-state index in [9.17, 15) is 5.11 Å². The van der Waals surface area contributed by atoms with Crippen LogP contribution in [0.3, 0.4) is 0 Å². The molecule has 2 heterocycles. The topological polar surface area (TPSA) is 62.1 Å². The molecule has 0 aliphatic carbocycles. The summed E-state index contributed by atoms with van der Waals surface area (Å²) in [5.74, 6) is 0. The number of aliphatic hydroxyl groups is 1. The van der Waals surface area contributed by atoms with Gasteiger partial charge in [0.25, 0.3) is 0 Å². The van der Waals surface area contributed by atoms with E-state index in [1.807, 2.05) is 24.5 Å². The normalized spacial score (nSPS) is 19.8. The van der Waals surface area contributed by atoms with Crippen molar-refractivity contribution in [2.75, 3.05) is 0 Å². The van der Waals surface area contributed by atoms with E-state index in [1.54, 1.807) is 0 Å². The highest BCUT2D eigenvalue weighted by Crippen LogP contribution is 2.31. The molecular weight excluding hydrogens is 324 g/mol. The highest BCUT2D eigenvalue weighted by molar-refractivity contribution is 5.62. The average molecular weight is 348 g/mol. The molecule has 1 aromatic heterocycles. The Bertz CT molecular complexity index is 857. The molecule has 0 saturated carbocycles. The zero-order valence-electron chi connectivity index (χ0n) is 14.9. The fraction of sp³-hybridized carbons (Fsp3) is 0.286. The van der Waals surface area contributed by atoms with E-state index >= 15 is 0 Å². The molecule has 5 nitrogen and oxygen atoms in total. The molecule has 3 N–H and O–H groups in total. The van der Waals surface area contributed by atoms with E-state index in [0.717, 1.165) is 29.8 Å². The van der Waals surface area contributed by atoms with Crippen LogP contribution in [0.2, 0.25) is 0 Å². The van der Waals surface area contributed by atoms with Gasteiger partial charge < -0.3 is 9.67 Å². The number of nitrogens with zero attached hydrogens (tertiary/aromatic N) is 2. The van der Waals surface area contributed by atoms with Gasteiger partial charge in [0.05, 0.1) is 30.4 Å². The Kier molecular flexibility index (Phi) is 4.84. The molecule has 2 unspecified atom stereocenters. The van der Waals surface area contributed by atoms with Crippen LogP contribution in [-0.2, 0) is 13.2 Å². The Balaban J connectivity index is 1.70. The lowest BCUT2D eigenvalue weighted by atomic mass is 10.0. The van der Waals surface area contributed by atoms with Gasteiger partial charge in [0.15, 0.2) is 0 Å². The second kappa shape index (κ2) is 7.41. The number of imidazole rings is 1. The Hall–Kier alpha value is -2.47. The van der Waals surface area contributed by atoms with E-state index in [1.165, 1.54) is 11.3 Å². The predicted octanol–water partition coefficient (Wildman–Crippen LogP) is 3.02. The monoisotopic (exact) mass is 348 g/mol. The molecule has 2 atom stereocenters. The van der Waals surface area contributed by atoms with Gasteiger partial charge in [-0.25, -0.2) is 10.4 Å². The summed E-state index contributed by atoms with van der Waals surface area (Å²) in [5, 5.41) is 9.23. The molecule has 0 amide bonds. The zero-order chi connectivity index (χ0) is 17.9. The van der Waals surface area contributed by atoms with Crippen LogP contribution in [0.15, 0.2) is 60.9 Å². The number of benzene rings is 2. The first-order valence-corrected chi connectivity index (χ1v) is 9.05. The molecule has 1 aliphatic rings. The summed E-state index contributed by atoms with van der Waals surface area (Å²) in [6.07, 6.45) is 2.96. The molecule has 2 aromatic carbocycles. The quantitative estimate of drug-likeness (QED) is 0.663. The maximum absolute atomic E-state index is 9.23. The van der Waals surface area contributed by atoms with Crippen LogP contribution >= 0.6 is 0 Å². The maximum Gasteiger partial charge on any atom is 0.0959 e. The van der Waals surface area contributed by atoms with Crippen LogP contribution < -0.4 is 10.9 Å². The number of hydrazine groups is 1. The lowest BCUT2D eigenvalue weighted by molar-refractivity contribution is 0.282. The van der Waals surface area contributed by atoms with Crippen LogP contribution in [0, 0.1) is 0 Å². The smallest absolute Gasteiger partial charge is 0.0959 e. The Morgan fingerprint density at radius 2 is 1.77 bits per heavy atom. The van der Waals surface area contributed by atoms with Crippen molar-refractivity contribution in [3.05, 3.63) is 77.7 Å². The average Bonchev–Trinajstić information content (AvgIpc) is 3.29. The molecule has 0 spiro atoms. The highest BCUT2D eigenvalue weighted by Gasteiger charge is 2.28. The lowest BCUT2D eigenvalue weighted by Gasteiger charge is -2.16. The number of aromatic nitrogens is 2. The molecule has 1 saturated heterocycles. The van der Waals surface area contributed by atoms with Gasteiger partial charge in [0.1, 0.15) is 0 Å². The minimum Gasteiger partial charge on any atom is -0.392 e. The summed E-state index contributed by atoms with van der Waals surface area (Å²) in [6, 6.07) is 19.1. The molecule has 1 aliphatic heterocycles. The summed E-state index contributed by atoms with van der Waals surface area (Å²) in [5.41, 5.74) is 12.2. The Morgan fingerprint density at radius 3 is 2.42 bits per heavy atom. The van der Waals surface area contributed by atoms with Crippen LogP contribution in [-0.4, -0.2) is 20.7 Å². The molecule has 26 heavy (non-hydrogen) atoms.